The van der Waals surface area contributed by atoms with Crippen LogP contribution in [0.2, 0.25) is 0 Å². The van der Waals surface area contributed by atoms with Crippen molar-refractivity contribution < 1.29 is 19.4 Å². The molecule has 23 heavy (non-hydrogen) atoms. The van der Waals surface area contributed by atoms with Crippen molar-refractivity contribution in [1.82, 2.24) is 9.88 Å². The van der Waals surface area contributed by atoms with Gasteiger partial charge in [-0.25, -0.2) is 14.5 Å². The molecule has 2 aliphatic rings. The van der Waals surface area contributed by atoms with E-state index < -0.39 is 24.3 Å². The molecule has 0 bridgehead atoms. The second-order valence-electron chi connectivity index (χ2n) is 5.57. The Balaban J connectivity index is 1.71. The molecule has 120 valence electrons. The molecule has 0 saturated carbocycles. The summed E-state index contributed by atoms with van der Waals surface area (Å²) in [7, 11) is 0. The highest BCUT2D eigenvalue weighted by molar-refractivity contribution is 7.17. The predicted molar refractivity (Wildman–Crippen MR) is 84.8 cm³/mol. The van der Waals surface area contributed by atoms with Crippen molar-refractivity contribution in [1.29, 1.82) is 0 Å². The van der Waals surface area contributed by atoms with Gasteiger partial charge in [-0.1, -0.05) is 0 Å². The fraction of sp³-hybridized carbons (Fsp3) is 0.357. The van der Waals surface area contributed by atoms with Crippen molar-refractivity contribution in [3.05, 3.63) is 17.6 Å². The van der Waals surface area contributed by atoms with E-state index in [2.05, 4.69) is 4.98 Å². The number of thiophene rings is 1. The third kappa shape index (κ3) is 2.07. The first-order valence-electron chi connectivity index (χ1n) is 7.15. The molecule has 2 amide bonds. The van der Waals surface area contributed by atoms with Gasteiger partial charge in [0.1, 0.15) is 12.1 Å². The number of ether oxygens (including phenoxy) is 1. The summed E-state index contributed by atoms with van der Waals surface area (Å²) in [4.78, 5) is 30.2. The molecule has 2 saturated heterocycles. The van der Waals surface area contributed by atoms with E-state index in [1.54, 1.807) is 17.5 Å². The van der Waals surface area contributed by atoms with E-state index >= 15 is 0 Å². The van der Waals surface area contributed by atoms with Gasteiger partial charge in [-0.2, -0.15) is 0 Å². The second kappa shape index (κ2) is 4.98. The smallest absolute Gasteiger partial charge is 0.420 e. The lowest BCUT2D eigenvalue weighted by Crippen LogP contribution is -2.52. The molecule has 9 heteroatoms. The van der Waals surface area contributed by atoms with Gasteiger partial charge in [-0.15, -0.1) is 11.3 Å². The molecule has 2 aromatic rings. The number of nitrogen functional groups attached to an aromatic ring is 1. The molecule has 0 radical (unpaired) electrons. The number of hydrogen-bond acceptors (Lipinski definition) is 7. The zero-order valence-electron chi connectivity index (χ0n) is 12.0. The van der Waals surface area contributed by atoms with E-state index in [9.17, 15) is 14.7 Å². The summed E-state index contributed by atoms with van der Waals surface area (Å²) < 4.78 is 6.13. The number of carboxylic acid groups (broad SMARTS) is 1. The van der Waals surface area contributed by atoms with E-state index in [1.165, 1.54) is 0 Å². The van der Waals surface area contributed by atoms with Crippen molar-refractivity contribution in [2.75, 3.05) is 23.7 Å². The number of pyridine rings is 1. The van der Waals surface area contributed by atoms with Crippen molar-refractivity contribution in [2.45, 2.75) is 18.6 Å². The van der Waals surface area contributed by atoms with E-state index in [1.807, 2.05) is 16.3 Å². The Morgan fingerprint density at radius 1 is 1.52 bits per heavy atom. The Morgan fingerprint density at radius 2 is 2.35 bits per heavy atom. The molecule has 2 fully saturated rings. The van der Waals surface area contributed by atoms with Crippen molar-refractivity contribution in [3.8, 4) is 0 Å². The molecule has 8 nitrogen and oxygen atoms in total. The molecular formula is C14H14N4O4S. The third-order valence-corrected chi connectivity index (χ3v) is 5.21. The Hall–Kier alpha value is -2.55. The molecule has 0 aliphatic carbocycles. The normalized spacial score (nSPS) is 23.9. The molecule has 4 heterocycles. The van der Waals surface area contributed by atoms with E-state index in [0.29, 0.717) is 25.2 Å². The fourth-order valence-electron chi connectivity index (χ4n) is 3.28. The number of anilines is 2. The van der Waals surface area contributed by atoms with Crippen LogP contribution in [0.4, 0.5) is 21.0 Å². The lowest BCUT2D eigenvalue weighted by molar-refractivity contribution is 0.121. The average Bonchev–Trinajstić information content (AvgIpc) is 3.09. The molecule has 0 aromatic carbocycles. The van der Waals surface area contributed by atoms with Crippen LogP contribution < -0.4 is 10.6 Å². The first kappa shape index (κ1) is 14.1. The molecule has 0 unspecified atom stereocenters. The highest BCUT2D eigenvalue weighted by Gasteiger charge is 2.48. The van der Waals surface area contributed by atoms with Crippen molar-refractivity contribution in [3.63, 3.8) is 0 Å². The number of nitrogens with two attached hydrogens (primary N) is 1. The van der Waals surface area contributed by atoms with E-state index in [0.717, 1.165) is 20.8 Å². The van der Waals surface area contributed by atoms with Crippen LogP contribution in [-0.4, -0.2) is 52.4 Å². The Kier molecular flexibility index (Phi) is 3.05. The molecule has 4 rings (SSSR count). The molecule has 2 aliphatic heterocycles. The minimum Gasteiger partial charge on any atom is -0.465 e. The number of amides is 2. The summed E-state index contributed by atoms with van der Waals surface area (Å²) in [6.07, 6.45) is -0.292. The summed E-state index contributed by atoms with van der Waals surface area (Å²) >= 11 is 1.54. The third-order valence-electron chi connectivity index (χ3n) is 4.30. The van der Waals surface area contributed by atoms with E-state index in [-0.39, 0.29) is 0 Å². The maximum atomic E-state index is 11.7. The lowest BCUT2D eigenvalue weighted by atomic mass is 10.0. The van der Waals surface area contributed by atoms with Gasteiger partial charge in [0.2, 0.25) is 0 Å². The second-order valence-corrected chi connectivity index (χ2v) is 6.49. The zero-order chi connectivity index (χ0) is 16.1. The van der Waals surface area contributed by atoms with Crippen LogP contribution in [0, 0.1) is 0 Å². The van der Waals surface area contributed by atoms with Crippen molar-refractivity contribution >= 4 is 45.1 Å². The number of fused-ring (bicyclic) bond motifs is 2. The quantitative estimate of drug-likeness (QED) is 0.820. The van der Waals surface area contributed by atoms with Gasteiger partial charge < -0.3 is 20.5 Å². The first-order valence-corrected chi connectivity index (χ1v) is 8.03. The molecular weight excluding hydrogens is 320 g/mol. The van der Waals surface area contributed by atoms with Gasteiger partial charge in [-0.05, 0) is 11.4 Å². The SMILES string of the molecule is Nc1cnc2ccsc2c1N1CC[C@@H]2OC(=O)N(C(=O)O)[C@@H]2C1. The minimum absolute atomic E-state index is 0.365. The number of nitrogens with zero attached hydrogens (tertiary/aromatic N) is 3. The highest BCUT2D eigenvalue weighted by Crippen LogP contribution is 2.38. The summed E-state index contributed by atoms with van der Waals surface area (Å²) in [5, 5.41) is 11.2. The van der Waals surface area contributed by atoms with E-state index in [4.69, 9.17) is 10.5 Å². The maximum absolute atomic E-state index is 11.7. The Bertz CT molecular complexity index is 807. The average molecular weight is 334 g/mol. The first-order chi connectivity index (χ1) is 11.1. The van der Waals surface area contributed by atoms with Gasteiger partial charge >= 0.3 is 12.2 Å². The zero-order valence-corrected chi connectivity index (χ0v) is 12.8. The molecule has 3 N–H and O–H groups in total. The summed E-state index contributed by atoms with van der Waals surface area (Å²) in [5.41, 5.74) is 8.37. The number of piperidine rings is 1. The molecule has 0 spiro atoms. The van der Waals surface area contributed by atoms with Gasteiger partial charge in [0, 0.05) is 19.5 Å². The molecule has 2 atom stereocenters. The number of hydrogen-bond donors (Lipinski definition) is 2. The fourth-order valence-corrected chi connectivity index (χ4v) is 4.21. The summed E-state index contributed by atoms with van der Waals surface area (Å²) in [6.45, 7) is 1.01. The largest absolute Gasteiger partial charge is 0.465 e. The number of rotatable bonds is 1. The van der Waals surface area contributed by atoms with Crippen LogP contribution in [-0.2, 0) is 4.74 Å². The number of carbonyl (C=O) groups is 2. The number of imide groups is 1. The van der Waals surface area contributed by atoms with Crippen molar-refractivity contribution in [2.24, 2.45) is 0 Å². The monoisotopic (exact) mass is 334 g/mol. The summed E-state index contributed by atoms with van der Waals surface area (Å²) in [6, 6.07) is 1.40. The van der Waals surface area contributed by atoms with Crippen LogP contribution in [0.5, 0.6) is 0 Å². The van der Waals surface area contributed by atoms with Crippen LogP contribution >= 0.6 is 11.3 Å². The van der Waals surface area contributed by atoms with Gasteiger partial charge in [0.25, 0.3) is 0 Å². The Labute approximate surface area is 135 Å². The predicted octanol–water partition coefficient (Wildman–Crippen LogP) is 1.96. The highest BCUT2D eigenvalue weighted by atomic mass is 32.1. The standard InChI is InChI=1S/C14H14N4O4S/c15-7-5-16-8-2-4-23-12(8)11(7)17-3-1-10-9(6-17)18(13(19)20)14(21)22-10/h2,4-5,9-10H,1,3,6,15H2,(H,19,20)/t9-,10+/m1/s1. The lowest BCUT2D eigenvalue weighted by Gasteiger charge is -2.36. The Morgan fingerprint density at radius 3 is 3.13 bits per heavy atom. The van der Waals surface area contributed by atoms with Gasteiger partial charge in [0.05, 0.1) is 27.8 Å². The summed E-state index contributed by atoms with van der Waals surface area (Å²) in [5.74, 6) is 0. The molecule has 2 aromatic heterocycles. The topological polar surface area (TPSA) is 109 Å². The van der Waals surface area contributed by atoms with Gasteiger partial charge in [-0.3, -0.25) is 4.98 Å². The minimum atomic E-state index is -1.28. The number of aromatic nitrogens is 1. The van der Waals surface area contributed by atoms with Crippen LogP contribution in [0.1, 0.15) is 6.42 Å². The van der Waals surface area contributed by atoms with Crippen LogP contribution in [0.15, 0.2) is 17.6 Å². The van der Waals surface area contributed by atoms with Crippen LogP contribution in [0.3, 0.4) is 0 Å². The number of carbonyl (C=O) groups excluding carboxylic acids is 1. The van der Waals surface area contributed by atoms with Gasteiger partial charge in [0.15, 0.2) is 0 Å². The van der Waals surface area contributed by atoms with Crippen LogP contribution in [0.25, 0.3) is 10.2 Å². The maximum Gasteiger partial charge on any atom is 0.420 e.